The quantitative estimate of drug-likeness (QED) is 0.239. The van der Waals surface area contributed by atoms with Gasteiger partial charge in [0.05, 0.1) is 22.5 Å². The van der Waals surface area contributed by atoms with Gasteiger partial charge in [0.2, 0.25) is 0 Å². The van der Waals surface area contributed by atoms with E-state index in [4.69, 9.17) is 10.1 Å². The number of halogens is 1. The fourth-order valence-electron chi connectivity index (χ4n) is 4.81. The number of hydrogen-bond donors (Lipinski definition) is 3. The van der Waals surface area contributed by atoms with Gasteiger partial charge in [-0.15, -0.1) is 0 Å². The molecule has 1 fully saturated rings. The number of benzene rings is 3. The average Bonchev–Trinajstić information content (AvgIpc) is 3.23. The van der Waals surface area contributed by atoms with E-state index in [2.05, 4.69) is 49.9 Å². The number of aliphatic imine (C=N–C) groups is 1. The van der Waals surface area contributed by atoms with Crippen molar-refractivity contribution < 1.29 is 15.0 Å². The molecule has 0 radical (unpaired) electrons. The van der Waals surface area contributed by atoms with Crippen molar-refractivity contribution in [2.24, 2.45) is 4.99 Å². The average molecular weight is 576 g/mol. The Labute approximate surface area is 230 Å². The van der Waals surface area contributed by atoms with E-state index in [0.29, 0.717) is 17.7 Å². The summed E-state index contributed by atoms with van der Waals surface area (Å²) in [6.07, 6.45) is 0.544. The SMILES string of the molecule is CN1CCN(Cc2ccc(N=C(c3ccc(CCC(=O)O)cc3)c3c(O)[nH]c4cc(Br)ccc34)cc2)CC1. The molecule has 38 heavy (non-hydrogen) atoms. The van der Waals surface area contributed by atoms with Gasteiger partial charge in [0.1, 0.15) is 0 Å². The molecule has 3 N–H and O–H groups in total. The van der Waals surface area contributed by atoms with Gasteiger partial charge in [0.25, 0.3) is 0 Å². The molecule has 0 atom stereocenters. The van der Waals surface area contributed by atoms with Gasteiger partial charge in [0, 0.05) is 54.6 Å². The number of aromatic amines is 1. The molecule has 1 saturated heterocycles. The zero-order valence-electron chi connectivity index (χ0n) is 21.3. The van der Waals surface area contributed by atoms with Crippen LogP contribution in [-0.2, 0) is 17.8 Å². The van der Waals surface area contributed by atoms with E-state index < -0.39 is 5.97 Å². The van der Waals surface area contributed by atoms with Crippen molar-refractivity contribution in [2.45, 2.75) is 19.4 Å². The van der Waals surface area contributed by atoms with Crippen molar-refractivity contribution >= 4 is 44.2 Å². The highest BCUT2D eigenvalue weighted by Gasteiger charge is 2.19. The van der Waals surface area contributed by atoms with Crippen molar-refractivity contribution in [1.82, 2.24) is 14.8 Å². The minimum atomic E-state index is -0.817. The van der Waals surface area contributed by atoms with E-state index >= 15 is 0 Å². The van der Waals surface area contributed by atoms with Gasteiger partial charge in [-0.05, 0) is 48.9 Å². The molecule has 8 heteroatoms. The topological polar surface area (TPSA) is 92.2 Å². The molecule has 0 spiro atoms. The molecule has 1 aliphatic rings. The highest BCUT2D eigenvalue weighted by Crippen LogP contribution is 2.33. The second-order valence-corrected chi connectivity index (χ2v) is 10.8. The summed E-state index contributed by atoms with van der Waals surface area (Å²) in [5, 5.41) is 20.8. The minimum absolute atomic E-state index is 0.0542. The fourth-order valence-corrected chi connectivity index (χ4v) is 5.17. The van der Waals surface area contributed by atoms with Crippen molar-refractivity contribution in [3.05, 3.63) is 93.5 Å². The van der Waals surface area contributed by atoms with Gasteiger partial charge in [-0.1, -0.05) is 58.4 Å². The van der Waals surface area contributed by atoms with Crippen LogP contribution >= 0.6 is 15.9 Å². The molecule has 7 nitrogen and oxygen atoms in total. The predicted molar refractivity (Wildman–Crippen MR) is 155 cm³/mol. The van der Waals surface area contributed by atoms with E-state index in [9.17, 15) is 9.90 Å². The number of aliphatic carboxylic acids is 1. The van der Waals surface area contributed by atoms with Crippen molar-refractivity contribution in [3.8, 4) is 5.88 Å². The smallest absolute Gasteiger partial charge is 0.303 e. The fraction of sp³-hybridized carbons (Fsp3) is 0.267. The number of nitrogens with one attached hydrogen (secondary N) is 1. The highest BCUT2D eigenvalue weighted by atomic mass is 79.9. The molecule has 0 amide bonds. The van der Waals surface area contributed by atoms with Gasteiger partial charge < -0.3 is 20.1 Å². The second kappa shape index (κ2) is 11.5. The van der Waals surface area contributed by atoms with Crippen LogP contribution in [0.5, 0.6) is 5.88 Å². The maximum absolute atomic E-state index is 11.0. The summed E-state index contributed by atoms with van der Waals surface area (Å²) in [6.45, 7) is 5.23. The maximum Gasteiger partial charge on any atom is 0.303 e. The zero-order chi connectivity index (χ0) is 26.6. The summed E-state index contributed by atoms with van der Waals surface area (Å²) in [5.74, 6) is -0.763. The van der Waals surface area contributed by atoms with Crippen LogP contribution in [0.1, 0.15) is 28.7 Å². The maximum atomic E-state index is 11.0. The Morgan fingerprint density at radius 3 is 2.34 bits per heavy atom. The van der Waals surface area contributed by atoms with Crippen LogP contribution in [0.3, 0.4) is 0 Å². The molecule has 196 valence electrons. The van der Waals surface area contributed by atoms with E-state index in [-0.39, 0.29) is 12.3 Å². The van der Waals surface area contributed by atoms with Gasteiger partial charge in [0.15, 0.2) is 5.88 Å². The number of carboxylic acids is 1. The third kappa shape index (κ3) is 6.15. The first-order valence-electron chi connectivity index (χ1n) is 12.8. The lowest BCUT2D eigenvalue weighted by Crippen LogP contribution is -2.43. The van der Waals surface area contributed by atoms with Gasteiger partial charge in [-0.25, -0.2) is 4.99 Å². The lowest BCUT2D eigenvalue weighted by molar-refractivity contribution is -0.136. The molecule has 3 aromatic carbocycles. The van der Waals surface area contributed by atoms with E-state index in [0.717, 1.165) is 64.9 Å². The van der Waals surface area contributed by atoms with Gasteiger partial charge in [-0.3, -0.25) is 9.69 Å². The number of likely N-dealkylation sites (N-methyl/N-ethyl adjacent to an activating group) is 1. The first-order valence-corrected chi connectivity index (χ1v) is 13.6. The molecular weight excluding hydrogens is 544 g/mol. The Morgan fingerprint density at radius 2 is 1.66 bits per heavy atom. The Hall–Kier alpha value is -3.46. The Bertz CT molecular complexity index is 1450. The van der Waals surface area contributed by atoms with Crippen LogP contribution in [0.15, 0.2) is 76.2 Å². The normalized spacial score (nSPS) is 15.3. The summed E-state index contributed by atoms with van der Waals surface area (Å²) < 4.78 is 0.912. The van der Waals surface area contributed by atoms with E-state index in [1.54, 1.807) is 0 Å². The largest absolute Gasteiger partial charge is 0.494 e. The second-order valence-electron chi connectivity index (χ2n) is 9.84. The van der Waals surface area contributed by atoms with Crippen LogP contribution in [-0.4, -0.2) is 69.9 Å². The molecule has 2 heterocycles. The molecule has 0 saturated carbocycles. The lowest BCUT2D eigenvalue weighted by Gasteiger charge is -2.32. The van der Waals surface area contributed by atoms with Gasteiger partial charge in [-0.2, -0.15) is 0 Å². The van der Waals surface area contributed by atoms with Crippen LogP contribution in [0.4, 0.5) is 5.69 Å². The molecule has 4 aromatic rings. The van der Waals surface area contributed by atoms with Gasteiger partial charge >= 0.3 is 5.97 Å². The molecule has 5 rings (SSSR count). The number of aryl methyl sites for hydroxylation is 1. The third-order valence-corrected chi connectivity index (χ3v) is 7.51. The van der Waals surface area contributed by atoms with Crippen molar-refractivity contribution in [3.63, 3.8) is 0 Å². The van der Waals surface area contributed by atoms with Crippen molar-refractivity contribution in [1.29, 1.82) is 0 Å². The summed E-state index contributed by atoms with van der Waals surface area (Å²) >= 11 is 3.50. The number of carbonyl (C=O) groups is 1. The monoisotopic (exact) mass is 574 g/mol. The minimum Gasteiger partial charge on any atom is -0.494 e. The van der Waals surface area contributed by atoms with E-state index in [1.165, 1.54) is 5.56 Å². The molecule has 0 aliphatic carbocycles. The number of piperazine rings is 1. The number of aromatic nitrogens is 1. The van der Waals surface area contributed by atoms with Crippen LogP contribution < -0.4 is 0 Å². The molecule has 0 unspecified atom stereocenters. The first-order chi connectivity index (χ1) is 18.4. The van der Waals surface area contributed by atoms with E-state index in [1.807, 2.05) is 54.6 Å². The zero-order valence-corrected chi connectivity index (χ0v) is 22.9. The number of hydrogen-bond acceptors (Lipinski definition) is 5. The summed E-state index contributed by atoms with van der Waals surface area (Å²) in [4.78, 5) is 23.9. The number of aromatic hydroxyl groups is 1. The molecular formula is C30H31BrN4O3. The van der Waals surface area contributed by atoms with Crippen LogP contribution in [0.2, 0.25) is 0 Å². The van der Waals surface area contributed by atoms with Crippen LogP contribution in [0, 0.1) is 0 Å². The molecule has 1 aliphatic heterocycles. The Kier molecular flexibility index (Phi) is 7.93. The Morgan fingerprint density at radius 1 is 0.974 bits per heavy atom. The number of fused-ring (bicyclic) bond motifs is 1. The standard InChI is InChI=1S/C30H31BrN4O3/c1-34-14-16-35(17-15-34)19-21-4-10-24(11-5-21)32-29(22-7-2-20(3-8-22)6-13-27(36)37)28-25-12-9-23(31)18-26(25)33-30(28)38/h2-5,7-12,18,33,38H,6,13-17,19H2,1H3,(H,36,37). The summed E-state index contributed by atoms with van der Waals surface area (Å²) in [5.41, 5.74) is 5.90. The summed E-state index contributed by atoms with van der Waals surface area (Å²) in [6, 6.07) is 21.9. The highest BCUT2D eigenvalue weighted by molar-refractivity contribution is 9.10. The number of rotatable bonds is 8. The van der Waals surface area contributed by atoms with Crippen molar-refractivity contribution in [2.75, 3.05) is 33.2 Å². The number of nitrogens with zero attached hydrogens (tertiary/aromatic N) is 3. The third-order valence-electron chi connectivity index (χ3n) is 7.01. The van der Waals surface area contributed by atoms with Crippen LogP contribution in [0.25, 0.3) is 10.9 Å². The predicted octanol–water partition coefficient (Wildman–Crippen LogP) is 5.57. The first kappa shape index (κ1) is 26.2. The number of carboxylic acid groups (broad SMARTS) is 1. The molecule has 1 aromatic heterocycles. The summed E-state index contributed by atoms with van der Waals surface area (Å²) in [7, 11) is 2.16. The molecule has 0 bridgehead atoms. The number of H-pyrrole nitrogens is 1. The lowest BCUT2D eigenvalue weighted by atomic mass is 9.98. The Balaban J connectivity index is 1.48.